The van der Waals surface area contributed by atoms with Gasteiger partial charge in [0.05, 0.1) is 18.1 Å². The molecule has 1 aromatic carbocycles. The summed E-state index contributed by atoms with van der Waals surface area (Å²) >= 11 is 0. The molecule has 0 atom stereocenters. The van der Waals surface area contributed by atoms with Crippen molar-refractivity contribution in [2.45, 2.75) is 0 Å². The highest BCUT2D eigenvalue weighted by atomic mass is 15.1. The maximum atomic E-state index is 4.42. The zero-order chi connectivity index (χ0) is 11.5. The molecule has 1 aliphatic heterocycles. The second kappa shape index (κ2) is 4.47. The number of benzene rings is 1. The summed E-state index contributed by atoms with van der Waals surface area (Å²) in [5.74, 6) is 0. The van der Waals surface area contributed by atoms with Gasteiger partial charge >= 0.3 is 0 Å². The first-order chi connectivity index (χ1) is 8.43. The van der Waals surface area contributed by atoms with Crippen molar-refractivity contribution in [1.29, 1.82) is 0 Å². The molecule has 2 heterocycles. The van der Waals surface area contributed by atoms with Gasteiger partial charge < -0.3 is 0 Å². The predicted molar refractivity (Wildman–Crippen MR) is 69.1 cm³/mol. The number of hydrogen-bond acceptors (Lipinski definition) is 3. The second-order valence-corrected chi connectivity index (χ2v) is 3.99. The monoisotopic (exact) mass is 223 g/mol. The van der Waals surface area contributed by atoms with Crippen LogP contribution in [0.25, 0.3) is 11.3 Å². The fraction of sp³-hybridized carbons (Fsp3) is 0.143. The maximum absolute atomic E-state index is 4.42. The van der Waals surface area contributed by atoms with Crippen LogP contribution in [0.3, 0.4) is 0 Å². The lowest BCUT2D eigenvalue weighted by atomic mass is 10.1. The van der Waals surface area contributed by atoms with Crippen LogP contribution in [0.1, 0.15) is 5.56 Å². The summed E-state index contributed by atoms with van der Waals surface area (Å²) in [5, 5.41) is 3.21. The van der Waals surface area contributed by atoms with E-state index in [0.717, 1.165) is 35.7 Å². The van der Waals surface area contributed by atoms with Crippen molar-refractivity contribution in [3.8, 4) is 11.3 Å². The Kier molecular flexibility index (Phi) is 2.68. The van der Waals surface area contributed by atoms with E-state index < -0.39 is 0 Å². The first-order valence-corrected chi connectivity index (χ1v) is 5.69. The average molecular weight is 223 g/mol. The smallest absolute Gasteiger partial charge is 0.0891 e. The van der Waals surface area contributed by atoms with Crippen LogP contribution in [0.5, 0.6) is 0 Å². The number of pyridine rings is 1. The van der Waals surface area contributed by atoms with Gasteiger partial charge in [0, 0.05) is 23.9 Å². The molecule has 0 radical (unpaired) electrons. The Hall–Kier alpha value is -2.00. The minimum absolute atomic E-state index is 0.721. The Morgan fingerprint density at radius 2 is 1.88 bits per heavy atom. The van der Waals surface area contributed by atoms with Gasteiger partial charge in [-0.05, 0) is 12.1 Å². The molecule has 3 rings (SSSR count). The van der Waals surface area contributed by atoms with Gasteiger partial charge in [-0.1, -0.05) is 30.3 Å². The second-order valence-electron chi connectivity index (χ2n) is 3.99. The van der Waals surface area contributed by atoms with E-state index in [9.17, 15) is 0 Å². The molecule has 0 spiro atoms. The van der Waals surface area contributed by atoms with E-state index in [0.29, 0.717) is 0 Å². The van der Waals surface area contributed by atoms with Gasteiger partial charge in [0.15, 0.2) is 0 Å². The van der Waals surface area contributed by atoms with Crippen molar-refractivity contribution in [3.05, 3.63) is 54.2 Å². The molecule has 0 saturated heterocycles. The molecule has 0 fully saturated rings. The van der Waals surface area contributed by atoms with Crippen LogP contribution in [0.4, 0.5) is 0 Å². The van der Waals surface area contributed by atoms with Crippen molar-refractivity contribution < 1.29 is 0 Å². The van der Waals surface area contributed by atoms with Gasteiger partial charge in [-0.25, -0.2) is 0 Å². The van der Waals surface area contributed by atoms with Gasteiger partial charge in [0.25, 0.3) is 0 Å². The van der Waals surface area contributed by atoms with Crippen molar-refractivity contribution in [2.24, 2.45) is 4.99 Å². The largest absolute Gasteiger partial charge is 0.293 e. The molecule has 1 aromatic heterocycles. The van der Waals surface area contributed by atoms with Gasteiger partial charge in [-0.15, -0.1) is 0 Å². The lowest BCUT2D eigenvalue weighted by Gasteiger charge is -2.04. The zero-order valence-electron chi connectivity index (χ0n) is 9.43. The SMILES string of the molecule is c1ccc(-c2cc(C3=NCNC3)ccn2)cc1. The first kappa shape index (κ1) is 10.2. The van der Waals surface area contributed by atoms with Crippen LogP contribution >= 0.6 is 0 Å². The Labute approximate surface area is 100 Å². The number of aliphatic imine (C=N–C) groups is 1. The summed E-state index contributed by atoms with van der Waals surface area (Å²) in [6.07, 6.45) is 1.85. The average Bonchev–Trinajstić information content (AvgIpc) is 2.94. The molecular weight excluding hydrogens is 210 g/mol. The number of nitrogens with zero attached hydrogens (tertiary/aromatic N) is 2. The van der Waals surface area contributed by atoms with Crippen molar-refractivity contribution in [1.82, 2.24) is 10.3 Å². The number of aromatic nitrogens is 1. The highest BCUT2D eigenvalue weighted by molar-refractivity contribution is 6.03. The summed E-state index contributed by atoms with van der Waals surface area (Å²) in [4.78, 5) is 8.82. The number of hydrogen-bond donors (Lipinski definition) is 1. The molecular formula is C14H13N3. The highest BCUT2D eigenvalue weighted by Crippen LogP contribution is 2.17. The van der Waals surface area contributed by atoms with Crippen molar-refractivity contribution in [2.75, 3.05) is 13.2 Å². The van der Waals surface area contributed by atoms with Crippen LogP contribution in [0.2, 0.25) is 0 Å². The van der Waals surface area contributed by atoms with Gasteiger partial charge in [0.2, 0.25) is 0 Å². The molecule has 0 unspecified atom stereocenters. The molecule has 1 N–H and O–H groups in total. The molecule has 0 saturated carbocycles. The standard InChI is InChI=1S/C14H13N3/c1-2-4-11(5-3-1)13-8-12(6-7-16-13)14-9-15-10-17-14/h1-8,15H,9-10H2. The van der Waals surface area contributed by atoms with E-state index in [4.69, 9.17) is 0 Å². The van der Waals surface area contributed by atoms with Crippen LogP contribution < -0.4 is 5.32 Å². The molecule has 2 aromatic rings. The summed E-state index contributed by atoms with van der Waals surface area (Å²) in [7, 11) is 0. The fourth-order valence-electron chi connectivity index (χ4n) is 1.95. The van der Waals surface area contributed by atoms with Crippen molar-refractivity contribution in [3.63, 3.8) is 0 Å². The summed E-state index contributed by atoms with van der Waals surface area (Å²) in [5.41, 5.74) is 4.41. The van der Waals surface area contributed by atoms with E-state index in [2.05, 4.69) is 33.5 Å². The third-order valence-corrected chi connectivity index (χ3v) is 2.84. The Bertz CT molecular complexity index is 546. The topological polar surface area (TPSA) is 37.3 Å². The lowest BCUT2D eigenvalue weighted by molar-refractivity contribution is 0.850. The Balaban J connectivity index is 2.00. The number of rotatable bonds is 2. The highest BCUT2D eigenvalue weighted by Gasteiger charge is 2.09. The lowest BCUT2D eigenvalue weighted by Crippen LogP contribution is -2.14. The minimum atomic E-state index is 0.721. The predicted octanol–water partition coefficient (Wildman–Crippen LogP) is 2.10. The number of nitrogens with one attached hydrogen (secondary N) is 1. The normalized spacial score (nSPS) is 14.7. The van der Waals surface area contributed by atoms with Crippen LogP contribution in [-0.4, -0.2) is 23.9 Å². The minimum Gasteiger partial charge on any atom is -0.293 e. The molecule has 3 heteroatoms. The van der Waals surface area contributed by atoms with Gasteiger partial charge in [0.1, 0.15) is 0 Å². The summed E-state index contributed by atoms with van der Waals surface area (Å²) < 4.78 is 0. The molecule has 3 nitrogen and oxygen atoms in total. The molecule has 0 bridgehead atoms. The Morgan fingerprint density at radius 3 is 2.65 bits per heavy atom. The molecule has 17 heavy (non-hydrogen) atoms. The van der Waals surface area contributed by atoms with E-state index in [1.807, 2.05) is 30.5 Å². The van der Waals surface area contributed by atoms with Gasteiger partial charge in [-0.2, -0.15) is 0 Å². The molecule has 1 aliphatic rings. The van der Waals surface area contributed by atoms with Crippen LogP contribution in [-0.2, 0) is 0 Å². The fourth-order valence-corrected chi connectivity index (χ4v) is 1.95. The molecule has 0 aliphatic carbocycles. The van der Waals surface area contributed by atoms with E-state index in [1.54, 1.807) is 0 Å². The molecule has 84 valence electrons. The zero-order valence-corrected chi connectivity index (χ0v) is 9.43. The maximum Gasteiger partial charge on any atom is 0.0891 e. The van der Waals surface area contributed by atoms with Crippen LogP contribution in [0.15, 0.2) is 53.7 Å². The third kappa shape index (κ3) is 2.10. The van der Waals surface area contributed by atoms with E-state index in [1.165, 1.54) is 0 Å². The van der Waals surface area contributed by atoms with Gasteiger partial charge in [-0.3, -0.25) is 15.3 Å². The third-order valence-electron chi connectivity index (χ3n) is 2.84. The summed E-state index contributed by atoms with van der Waals surface area (Å²) in [6.45, 7) is 1.57. The van der Waals surface area contributed by atoms with Crippen molar-refractivity contribution >= 4 is 5.71 Å². The summed E-state index contributed by atoms with van der Waals surface area (Å²) in [6, 6.07) is 14.3. The van der Waals surface area contributed by atoms with E-state index >= 15 is 0 Å². The van der Waals surface area contributed by atoms with Crippen LogP contribution in [0, 0.1) is 0 Å². The quantitative estimate of drug-likeness (QED) is 0.846. The van der Waals surface area contributed by atoms with E-state index in [-0.39, 0.29) is 0 Å². The molecule has 0 amide bonds. The first-order valence-electron chi connectivity index (χ1n) is 5.69. The Morgan fingerprint density at radius 1 is 1.00 bits per heavy atom.